The van der Waals surface area contributed by atoms with Gasteiger partial charge in [-0.3, -0.25) is 0 Å². The number of benzene rings is 10. The lowest BCUT2D eigenvalue weighted by Gasteiger charge is -2.29. The van der Waals surface area contributed by atoms with E-state index >= 15 is 17.6 Å². The summed E-state index contributed by atoms with van der Waals surface area (Å²) in [5.41, 5.74) is 5.17. The molecule has 3 nitrogen and oxygen atoms in total. The van der Waals surface area contributed by atoms with E-state index in [-0.39, 0.29) is 5.56 Å². The number of anilines is 6. The van der Waals surface area contributed by atoms with Crippen molar-refractivity contribution in [3.05, 3.63) is 217 Å². The Kier molecular flexibility index (Phi) is 8.84. The number of hydrogen-bond acceptors (Lipinski definition) is 4. The fourth-order valence-electron chi connectivity index (χ4n) is 9.23. The summed E-state index contributed by atoms with van der Waals surface area (Å²) in [6.45, 7) is 0. The molecule has 11 aromatic rings. The van der Waals surface area contributed by atoms with Crippen LogP contribution in [0.25, 0.3) is 65.7 Å². The third kappa shape index (κ3) is 5.90. The molecular weight excluding hydrogens is 825 g/mol. The van der Waals surface area contributed by atoms with E-state index in [0.29, 0.717) is 16.3 Å². The summed E-state index contributed by atoms with van der Waals surface area (Å²) in [4.78, 5) is 5.06. The fraction of sp³-hybridized carbons (Fsp3) is 0. The number of fused-ring (bicyclic) bond motifs is 6. The van der Waals surface area contributed by atoms with Crippen molar-refractivity contribution in [1.29, 1.82) is 0 Å². The van der Waals surface area contributed by atoms with Gasteiger partial charge in [0.25, 0.3) is 0 Å². The number of furan rings is 1. The second kappa shape index (κ2) is 14.9. The van der Waals surface area contributed by atoms with Gasteiger partial charge < -0.3 is 14.2 Å². The van der Waals surface area contributed by atoms with Gasteiger partial charge in [-0.2, -0.15) is 0 Å². The summed E-state index contributed by atoms with van der Waals surface area (Å²) in [5.74, 6) is -5.96. The number of nitrogens with zero attached hydrogens (tertiary/aromatic N) is 2. The average molecular weight is 857 g/mol. The minimum atomic E-state index is -1.50. The van der Waals surface area contributed by atoms with Crippen LogP contribution in [-0.4, -0.2) is 0 Å². The Morgan fingerprint density at radius 3 is 1.83 bits per heavy atom. The topological polar surface area (TPSA) is 19.6 Å². The lowest BCUT2D eigenvalue weighted by Crippen LogP contribution is -2.16. The van der Waals surface area contributed by atoms with Gasteiger partial charge in [0.15, 0.2) is 28.9 Å². The van der Waals surface area contributed by atoms with E-state index in [4.69, 9.17) is 4.42 Å². The highest BCUT2D eigenvalue weighted by Gasteiger charge is 2.32. The zero-order valence-electron chi connectivity index (χ0n) is 33.7. The molecule has 0 fully saturated rings. The molecular formula is C56H32F4N2OS. The maximum absolute atomic E-state index is 16.7. The Morgan fingerprint density at radius 2 is 1.05 bits per heavy atom. The standard InChI is InChI=1S/C56H32F4N2OS/c57-51-49(52(58)54(60)55(53(51)59)61(36-15-3-1-4-16-36)38-27-25-33-13-7-8-14-34(33)31-38)35-26-28-40-41-29-30-44(43-21-12-24-47(50(41)43)64-48(40)32-35)62(37-17-5-2-6-18-37)45-22-11-20-42-39-19-9-10-23-46(39)63-56(42)45/h1-32H. The van der Waals surface area contributed by atoms with Crippen LogP contribution in [0.4, 0.5) is 51.7 Å². The van der Waals surface area contributed by atoms with Crippen LogP contribution in [0.15, 0.2) is 208 Å². The molecule has 12 rings (SSSR count). The summed E-state index contributed by atoms with van der Waals surface area (Å²) in [7, 11) is 0. The SMILES string of the molecule is Fc1c(F)c(N(c2ccccc2)c2ccc3ccccc3c2)c(F)c(F)c1-c1ccc2c(c1)Sc1cccc3c(N(c4ccccc4)c4cccc5c4oc4ccccc45)ccc-2c13. The Morgan fingerprint density at radius 1 is 0.406 bits per heavy atom. The van der Waals surface area contributed by atoms with Crippen molar-refractivity contribution in [3.63, 3.8) is 0 Å². The molecule has 0 amide bonds. The predicted molar refractivity (Wildman–Crippen MR) is 253 cm³/mol. The normalized spacial score (nSPS) is 12.0. The molecule has 1 aliphatic rings. The minimum Gasteiger partial charge on any atom is -0.454 e. The van der Waals surface area contributed by atoms with Crippen LogP contribution in [0.2, 0.25) is 0 Å². The van der Waals surface area contributed by atoms with Gasteiger partial charge >= 0.3 is 0 Å². The molecule has 8 heteroatoms. The van der Waals surface area contributed by atoms with E-state index in [1.807, 2.05) is 84.9 Å². The summed E-state index contributed by atoms with van der Waals surface area (Å²) in [6.07, 6.45) is 0. The average Bonchev–Trinajstić information content (AvgIpc) is 3.73. The lowest BCUT2D eigenvalue weighted by molar-refractivity contribution is 0.461. The van der Waals surface area contributed by atoms with Gasteiger partial charge in [0.05, 0.1) is 16.9 Å². The van der Waals surface area contributed by atoms with Crippen molar-refractivity contribution in [3.8, 4) is 22.3 Å². The highest BCUT2D eigenvalue weighted by atomic mass is 32.2. The van der Waals surface area contributed by atoms with E-state index in [1.165, 1.54) is 22.7 Å². The molecule has 0 saturated heterocycles. The van der Waals surface area contributed by atoms with Crippen molar-refractivity contribution >= 4 is 89.4 Å². The Labute approximate surface area is 369 Å². The first kappa shape index (κ1) is 37.9. The van der Waals surface area contributed by atoms with Gasteiger partial charge in [-0.1, -0.05) is 139 Å². The lowest BCUT2D eigenvalue weighted by atomic mass is 9.93. The van der Waals surface area contributed by atoms with Crippen LogP contribution < -0.4 is 9.80 Å². The largest absolute Gasteiger partial charge is 0.454 e. The molecule has 0 saturated carbocycles. The van der Waals surface area contributed by atoms with Crippen molar-refractivity contribution in [2.75, 3.05) is 9.80 Å². The fourth-order valence-corrected chi connectivity index (χ4v) is 10.4. The molecule has 1 aliphatic heterocycles. The van der Waals surface area contributed by atoms with Gasteiger partial charge in [0, 0.05) is 48.4 Å². The second-order valence-electron chi connectivity index (χ2n) is 15.7. The zero-order valence-corrected chi connectivity index (χ0v) is 34.5. The summed E-state index contributed by atoms with van der Waals surface area (Å²) in [5, 5.41) is 5.75. The second-order valence-corrected chi connectivity index (χ2v) is 16.8. The van der Waals surface area contributed by atoms with E-state index in [2.05, 4.69) is 53.4 Å². The molecule has 0 unspecified atom stereocenters. The van der Waals surface area contributed by atoms with Gasteiger partial charge in [-0.15, -0.1) is 0 Å². The maximum Gasteiger partial charge on any atom is 0.186 e. The predicted octanol–water partition coefficient (Wildman–Crippen LogP) is 17.2. The van der Waals surface area contributed by atoms with Crippen LogP contribution in [-0.2, 0) is 0 Å². The minimum absolute atomic E-state index is 0.0176. The Balaban J connectivity index is 0.979. The van der Waals surface area contributed by atoms with E-state index in [1.54, 1.807) is 54.6 Å². The highest BCUT2D eigenvalue weighted by Crippen LogP contribution is 2.53. The first-order valence-corrected chi connectivity index (χ1v) is 21.6. The number of para-hydroxylation sites is 4. The van der Waals surface area contributed by atoms with Crippen molar-refractivity contribution in [2.24, 2.45) is 0 Å². The molecule has 1 aromatic heterocycles. The van der Waals surface area contributed by atoms with Gasteiger partial charge in [0.1, 0.15) is 11.3 Å². The van der Waals surface area contributed by atoms with Crippen molar-refractivity contribution < 1.29 is 22.0 Å². The summed E-state index contributed by atoms with van der Waals surface area (Å²) < 4.78 is 73.1. The van der Waals surface area contributed by atoms with Crippen LogP contribution >= 0.6 is 11.8 Å². The van der Waals surface area contributed by atoms with Crippen molar-refractivity contribution in [1.82, 2.24) is 0 Å². The van der Waals surface area contributed by atoms with Crippen molar-refractivity contribution in [2.45, 2.75) is 9.79 Å². The molecule has 0 atom stereocenters. The summed E-state index contributed by atoms with van der Waals surface area (Å²) in [6, 6.07) is 60.8. The third-order valence-electron chi connectivity index (χ3n) is 12.1. The molecule has 2 heterocycles. The van der Waals surface area contributed by atoms with Gasteiger partial charge in [0.2, 0.25) is 0 Å². The van der Waals surface area contributed by atoms with Gasteiger partial charge in [-0.05, 0) is 94.2 Å². The number of rotatable bonds is 7. The Bertz CT molecular complexity index is 3640. The molecule has 10 aromatic carbocycles. The quantitative estimate of drug-likeness (QED) is 0.117. The first-order chi connectivity index (χ1) is 31.4. The highest BCUT2D eigenvalue weighted by molar-refractivity contribution is 7.99. The zero-order chi connectivity index (χ0) is 43.1. The molecule has 0 bridgehead atoms. The van der Waals surface area contributed by atoms with E-state index < -0.39 is 34.5 Å². The maximum atomic E-state index is 16.7. The molecule has 0 aliphatic carbocycles. The van der Waals surface area contributed by atoms with Crippen LogP contribution in [0, 0.1) is 23.3 Å². The van der Waals surface area contributed by atoms with Crippen LogP contribution in [0.5, 0.6) is 0 Å². The molecule has 0 N–H and O–H groups in total. The first-order valence-electron chi connectivity index (χ1n) is 20.8. The molecule has 306 valence electrons. The number of halogens is 4. The molecule has 0 radical (unpaired) electrons. The molecule has 0 spiro atoms. The number of hydrogen-bond donors (Lipinski definition) is 0. The summed E-state index contributed by atoms with van der Waals surface area (Å²) >= 11 is 1.45. The molecule has 64 heavy (non-hydrogen) atoms. The van der Waals surface area contributed by atoms with Crippen LogP contribution in [0.1, 0.15) is 0 Å². The smallest absolute Gasteiger partial charge is 0.186 e. The van der Waals surface area contributed by atoms with Gasteiger partial charge in [-0.25, -0.2) is 17.6 Å². The Hall–Kier alpha value is -7.81. The van der Waals surface area contributed by atoms with Crippen LogP contribution in [0.3, 0.4) is 0 Å². The third-order valence-corrected chi connectivity index (χ3v) is 13.2. The van der Waals surface area contributed by atoms with E-state index in [9.17, 15) is 0 Å². The monoisotopic (exact) mass is 856 g/mol. The van der Waals surface area contributed by atoms with E-state index in [0.717, 1.165) is 76.6 Å².